The monoisotopic (exact) mass is 194 g/mol. The fraction of sp³-hybridized carbons (Fsp3) is 0. The summed E-state index contributed by atoms with van der Waals surface area (Å²) in [6, 6.07) is 5.75. The molecular weight excluding hydrogens is 184 g/mol. The van der Waals surface area contributed by atoms with E-state index >= 15 is 0 Å². The smallest absolute Gasteiger partial charge is 0.316 e. The van der Waals surface area contributed by atoms with Crippen molar-refractivity contribution in [3.05, 3.63) is 29.8 Å². The van der Waals surface area contributed by atoms with Crippen LogP contribution in [0.3, 0.4) is 0 Å². The summed E-state index contributed by atoms with van der Waals surface area (Å²) >= 11 is 0. The average Bonchev–Trinajstić information content (AvgIpc) is 2.17. The van der Waals surface area contributed by atoms with Crippen molar-refractivity contribution in [3.63, 3.8) is 0 Å². The van der Waals surface area contributed by atoms with E-state index in [1.54, 1.807) is 24.3 Å². The third-order valence-electron chi connectivity index (χ3n) is 1.56. The van der Waals surface area contributed by atoms with Crippen molar-refractivity contribution in [1.29, 1.82) is 0 Å². The quantitative estimate of drug-likeness (QED) is 0.234. The zero-order valence-corrected chi connectivity index (χ0v) is 7.27. The summed E-state index contributed by atoms with van der Waals surface area (Å²) in [6.45, 7) is 0. The van der Waals surface area contributed by atoms with Gasteiger partial charge in [0, 0.05) is 11.3 Å². The Morgan fingerprint density at radius 1 is 1.29 bits per heavy atom. The second kappa shape index (κ2) is 4.13. The van der Waals surface area contributed by atoms with Gasteiger partial charge in [-0.3, -0.25) is 0 Å². The van der Waals surface area contributed by atoms with Crippen LogP contribution in [0.15, 0.2) is 29.4 Å². The first-order valence-electron chi connectivity index (χ1n) is 3.78. The van der Waals surface area contributed by atoms with E-state index in [2.05, 4.69) is 10.5 Å². The van der Waals surface area contributed by atoms with Gasteiger partial charge in [-0.25, -0.2) is 4.79 Å². The standard InChI is InChI=1S/C8H10N4O2/c9-7(12-14)5-1-3-6(4-2-5)11-8(10)13/h1-4,14H,(H2,9,12)(H3,10,11,13). The van der Waals surface area contributed by atoms with Gasteiger partial charge in [0.25, 0.3) is 0 Å². The number of rotatable bonds is 2. The fourth-order valence-electron chi connectivity index (χ4n) is 0.924. The molecule has 0 spiro atoms. The summed E-state index contributed by atoms with van der Waals surface area (Å²) < 4.78 is 0. The molecule has 0 aliphatic carbocycles. The highest BCUT2D eigenvalue weighted by Crippen LogP contribution is 2.08. The first-order chi connectivity index (χ1) is 6.63. The maximum absolute atomic E-state index is 10.5. The Bertz CT molecular complexity index is 358. The Morgan fingerprint density at radius 3 is 2.29 bits per heavy atom. The summed E-state index contributed by atoms with van der Waals surface area (Å²) in [5.74, 6) is 0.00984. The number of hydrogen-bond donors (Lipinski definition) is 4. The minimum absolute atomic E-state index is 0.00984. The SMILES string of the molecule is NC(=O)Nc1ccc(/C(N)=N/O)cc1. The summed E-state index contributed by atoms with van der Waals surface area (Å²) in [4.78, 5) is 10.5. The van der Waals surface area contributed by atoms with Crippen LogP contribution in [0.25, 0.3) is 0 Å². The predicted octanol–water partition coefficient (Wildman–Crippen LogP) is 0.272. The van der Waals surface area contributed by atoms with Crippen LogP contribution in [0, 0.1) is 0 Å². The Kier molecular flexibility index (Phi) is 2.90. The first kappa shape index (κ1) is 9.85. The normalized spacial score (nSPS) is 11.0. The lowest BCUT2D eigenvalue weighted by molar-refractivity contribution is 0.259. The van der Waals surface area contributed by atoms with E-state index in [-0.39, 0.29) is 5.84 Å². The number of oxime groups is 1. The third-order valence-corrected chi connectivity index (χ3v) is 1.56. The molecule has 0 saturated heterocycles. The number of benzene rings is 1. The van der Waals surface area contributed by atoms with Gasteiger partial charge in [0.2, 0.25) is 0 Å². The van der Waals surface area contributed by atoms with Gasteiger partial charge in [0.05, 0.1) is 0 Å². The molecule has 0 aromatic heterocycles. The number of hydrogen-bond acceptors (Lipinski definition) is 3. The summed E-state index contributed by atoms with van der Waals surface area (Å²) in [5.41, 5.74) is 11.3. The average molecular weight is 194 g/mol. The predicted molar refractivity (Wildman–Crippen MR) is 52.2 cm³/mol. The van der Waals surface area contributed by atoms with E-state index < -0.39 is 6.03 Å². The van der Waals surface area contributed by atoms with Crippen molar-refractivity contribution < 1.29 is 10.0 Å². The molecule has 74 valence electrons. The van der Waals surface area contributed by atoms with Gasteiger partial charge in [-0.1, -0.05) is 5.16 Å². The molecule has 2 amide bonds. The Labute approximate surface area is 80.2 Å². The topological polar surface area (TPSA) is 114 Å². The molecule has 6 nitrogen and oxygen atoms in total. The van der Waals surface area contributed by atoms with E-state index in [1.807, 2.05) is 0 Å². The molecule has 1 aromatic rings. The molecule has 1 rings (SSSR count). The Hall–Kier alpha value is -2.24. The lowest BCUT2D eigenvalue weighted by Crippen LogP contribution is -2.19. The number of carbonyl (C=O) groups excluding carboxylic acids is 1. The van der Waals surface area contributed by atoms with Crippen LogP contribution >= 0.6 is 0 Å². The fourth-order valence-corrected chi connectivity index (χ4v) is 0.924. The second-order valence-corrected chi connectivity index (χ2v) is 2.55. The molecule has 0 atom stereocenters. The first-order valence-corrected chi connectivity index (χ1v) is 3.78. The third kappa shape index (κ3) is 2.37. The van der Waals surface area contributed by atoms with Crippen molar-refractivity contribution in [3.8, 4) is 0 Å². The van der Waals surface area contributed by atoms with Crippen LogP contribution in [0.5, 0.6) is 0 Å². The highest BCUT2D eigenvalue weighted by molar-refractivity contribution is 5.97. The molecular formula is C8H10N4O2. The number of nitrogens with two attached hydrogens (primary N) is 2. The van der Waals surface area contributed by atoms with E-state index in [0.29, 0.717) is 11.3 Å². The molecule has 0 saturated carbocycles. The van der Waals surface area contributed by atoms with Gasteiger partial charge in [0.1, 0.15) is 0 Å². The van der Waals surface area contributed by atoms with Crippen molar-refractivity contribution in [2.45, 2.75) is 0 Å². The molecule has 0 bridgehead atoms. The zero-order valence-electron chi connectivity index (χ0n) is 7.27. The lowest BCUT2D eigenvalue weighted by atomic mass is 10.2. The molecule has 0 aliphatic heterocycles. The van der Waals surface area contributed by atoms with Crippen LogP contribution < -0.4 is 16.8 Å². The number of urea groups is 1. The minimum Gasteiger partial charge on any atom is -0.409 e. The van der Waals surface area contributed by atoms with Crippen LogP contribution in [-0.4, -0.2) is 17.1 Å². The number of primary amides is 1. The van der Waals surface area contributed by atoms with Gasteiger partial charge in [-0.15, -0.1) is 0 Å². The minimum atomic E-state index is -0.637. The van der Waals surface area contributed by atoms with Crippen molar-refractivity contribution in [1.82, 2.24) is 0 Å². The highest BCUT2D eigenvalue weighted by atomic mass is 16.4. The number of amidine groups is 1. The molecule has 1 aromatic carbocycles. The number of amides is 2. The molecule has 0 aliphatic rings. The van der Waals surface area contributed by atoms with Gasteiger partial charge in [-0.2, -0.15) is 0 Å². The summed E-state index contributed by atoms with van der Waals surface area (Å²) in [7, 11) is 0. The lowest BCUT2D eigenvalue weighted by Gasteiger charge is -2.02. The summed E-state index contributed by atoms with van der Waals surface area (Å²) in [5, 5.41) is 13.6. The maximum Gasteiger partial charge on any atom is 0.316 e. The second-order valence-electron chi connectivity index (χ2n) is 2.55. The van der Waals surface area contributed by atoms with Gasteiger partial charge in [-0.05, 0) is 24.3 Å². The van der Waals surface area contributed by atoms with Crippen LogP contribution in [-0.2, 0) is 0 Å². The molecule has 0 fully saturated rings. The van der Waals surface area contributed by atoms with Crippen LogP contribution in [0.2, 0.25) is 0 Å². The van der Waals surface area contributed by atoms with E-state index in [1.165, 1.54) is 0 Å². The Balaban J connectivity index is 2.83. The Morgan fingerprint density at radius 2 is 1.86 bits per heavy atom. The highest BCUT2D eigenvalue weighted by Gasteiger charge is 1.99. The molecule has 14 heavy (non-hydrogen) atoms. The molecule has 6 N–H and O–H groups in total. The summed E-state index contributed by atoms with van der Waals surface area (Å²) in [6.07, 6.45) is 0. The van der Waals surface area contributed by atoms with Gasteiger partial charge in [0.15, 0.2) is 5.84 Å². The van der Waals surface area contributed by atoms with Crippen molar-refractivity contribution >= 4 is 17.6 Å². The molecule has 0 unspecified atom stereocenters. The number of anilines is 1. The van der Waals surface area contributed by atoms with E-state index in [0.717, 1.165) is 0 Å². The number of carbonyl (C=O) groups is 1. The zero-order chi connectivity index (χ0) is 10.6. The van der Waals surface area contributed by atoms with Gasteiger partial charge >= 0.3 is 6.03 Å². The number of nitrogens with zero attached hydrogens (tertiary/aromatic N) is 1. The van der Waals surface area contributed by atoms with Crippen molar-refractivity contribution in [2.24, 2.45) is 16.6 Å². The maximum atomic E-state index is 10.5. The number of nitrogens with one attached hydrogen (secondary N) is 1. The van der Waals surface area contributed by atoms with Crippen LogP contribution in [0.4, 0.5) is 10.5 Å². The van der Waals surface area contributed by atoms with E-state index in [9.17, 15) is 4.79 Å². The largest absolute Gasteiger partial charge is 0.409 e. The van der Waals surface area contributed by atoms with Crippen LogP contribution in [0.1, 0.15) is 5.56 Å². The van der Waals surface area contributed by atoms with Crippen molar-refractivity contribution in [2.75, 3.05) is 5.32 Å². The van der Waals surface area contributed by atoms with Gasteiger partial charge < -0.3 is 22.0 Å². The molecule has 6 heteroatoms. The molecule has 0 radical (unpaired) electrons. The molecule has 0 heterocycles. The van der Waals surface area contributed by atoms with E-state index in [4.69, 9.17) is 16.7 Å².